The molecule has 0 saturated carbocycles. The van der Waals surface area contributed by atoms with Gasteiger partial charge < -0.3 is 10.4 Å². The lowest BCUT2D eigenvalue weighted by atomic mass is 10.1. The zero-order chi connectivity index (χ0) is 25.5. The van der Waals surface area contributed by atoms with Crippen molar-refractivity contribution in [3.63, 3.8) is 0 Å². The topological polar surface area (TPSA) is 112 Å². The van der Waals surface area contributed by atoms with Gasteiger partial charge in [-0.15, -0.1) is 12.4 Å². The molecule has 0 fully saturated rings. The zero-order valence-electron chi connectivity index (χ0n) is 20.7. The van der Waals surface area contributed by atoms with E-state index in [4.69, 9.17) is 5.11 Å². The first kappa shape index (κ1) is 29.2. The summed E-state index contributed by atoms with van der Waals surface area (Å²) < 4.78 is 29.2. The van der Waals surface area contributed by atoms with Gasteiger partial charge >= 0.3 is 5.97 Å². The van der Waals surface area contributed by atoms with Gasteiger partial charge in [0.25, 0.3) is 0 Å². The molecule has 2 N–H and O–H groups in total. The molecule has 2 aromatic heterocycles. The number of quaternary nitrogens is 1. The Morgan fingerprint density at radius 2 is 1.72 bits per heavy atom. The molecule has 9 nitrogen and oxygen atoms in total. The van der Waals surface area contributed by atoms with E-state index in [1.54, 1.807) is 24.3 Å². The van der Waals surface area contributed by atoms with E-state index in [1.807, 2.05) is 24.3 Å². The summed E-state index contributed by atoms with van der Waals surface area (Å²) in [5.74, 6) is -0.647. The number of nitrogens with zero attached hydrogens (tertiary/aromatic N) is 4. The molecule has 2 heterocycles. The molecule has 0 bridgehead atoms. The molecule has 0 radical (unpaired) electrons. The van der Waals surface area contributed by atoms with E-state index < -0.39 is 16.0 Å². The summed E-state index contributed by atoms with van der Waals surface area (Å²) >= 11 is 0. The molecule has 194 valence electrons. The number of anilines is 1. The first-order chi connectivity index (χ1) is 16.7. The van der Waals surface area contributed by atoms with Crippen LogP contribution in [0, 0.1) is 0 Å². The number of halogens is 1. The van der Waals surface area contributed by atoms with Crippen LogP contribution in [0.15, 0.2) is 71.9 Å². The van der Waals surface area contributed by atoms with Crippen LogP contribution in [0.25, 0.3) is 0 Å². The molecule has 0 unspecified atom stereocenters. The SMILES string of the molecule is CC[N+](C)(CC)c1ccc(CN(Cc2cccc(NCC(=O)O)n2)S(=O)(=O)c2cccnc2)cc1.Cl. The van der Waals surface area contributed by atoms with Crippen molar-refractivity contribution in [1.29, 1.82) is 0 Å². The van der Waals surface area contributed by atoms with Gasteiger partial charge in [-0.25, -0.2) is 13.4 Å². The fourth-order valence-electron chi connectivity index (χ4n) is 3.64. The third-order valence-electron chi connectivity index (χ3n) is 6.15. The van der Waals surface area contributed by atoms with E-state index in [0.717, 1.165) is 23.1 Å². The number of rotatable bonds is 12. The Morgan fingerprint density at radius 1 is 1.03 bits per heavy atom. The summed E-state index contributed by atoms with van der Waals surface area (Å²) in [6, 6.07) is 16.2. The van der Waals surface area contributed by atoms with Crippen LogP contribution in [0.1, 0.15) is 25.1 Å². The van der Waals surface area contributed by atoms with Crippen molar-refractivity contribution in [2.24, 2.45) is 0 Å². The molecule has 1 aromatic carbocycles. The number of hydrogen-bond acceptors (Lipinski definition) is 6. The molecule has 0 aliphatic heterocycles. The van der Waals surface area contributed by atoms with Gasteiger partial charge in [0.15, 0.2) is 0 Å². The molecular weight excluding hydrogens is 502 g/mol. The molecule has 0 atom stereocenters. The standard InChI is InChI=1S/C25H31N5O4S.ClH/c1-4-30(3,5-2)22-13-11-20(12-14-22)18-29(35(33,34)23-9-7-15-26-16-23)19-21-8-6-10-24(28-21)27-17-25(31)32;/h6-16H,4-5,17-19H2,1-3H3,(H-,27,28,31,32);1H/p+1. The molecule has 3 aromatic rings. The summed E-state index contributed by atoms with van der Waals surface area (Å²) in [5, 5.41) is 11.6. The summed E-state index contributed by atoms with van der Waals surface area (Å²) in [6.07, 6.45) is 2.85. The van der Waals surface area contributed by atoms with Gasteiger partial charge in [-0.2, -0.15) is 4.31 Å². The number of carboxylic acid groups (broad SMARTS) is 1. The predicted molar refractivity (Wildman–Crippen MR) is 144 cm³/mol. The van der Waals surface area contributed by atoms with E-state index >= 15 is 0 Å². The van der Waals surface area contributed by atoms with Crippen molar-refractivity contribution in [2.45, 2.75) is 31.8 Å². The van der Waals surface area contributed by atoms with Crippen LogP contribution in [0.2, 0.25) is 0 Å². The lowest BCUT2D eigenvalue weighted by molar-refractivity contribution is -0.134. The van der Waals surface area contributed by atoms with Gasteiger partial charge in [0.05, 0.1) is 32.4 Å². The number of aromatic nitrogens is 2. The number of hydrogen-bond donors (Lipinski definition) is 2. The van der Waals surface area contributed by atoms with E-state index in [2.05, 4.69) is 36.2 Å². The van der Waals surface area contributed by atoms with Crippen molar-refractivity contribution in [3.8, 4) is 0 Å². The van der Waals surface area contributed by atoms with Crippen LogP contribution in [-0.4, -0.2) is 60.4 Å². The minimum absolute atomic E-state index is 0. The fourth-order valence-corrected chi connectivity index (χ4v) is 5.01. The number of sulfonamides is 1. The Bertz CT molecular complexity index is 1240. The summed E-state index contributed by atoms with van der Waals surface area (Å²) in [7, 11) is -1.70. The number of nitrogens with one attached hydrogen (secondary N) is 1. The molecule has 0 spiro atoms. The van der Waals surface area contributed by atoms with Gasteiger partial charge in [0.2, 0.25) is 10.0 Å². The Hall–Kier alpha value is -3.05. The highest BCUT2D eigenvalue weighted by atomic mass is 35.5. The minimum atomic E-state index is -3.87. The maximum atomic E-state index is 13.5. The highest BCUT2D eigenvalue weighted by Gasteiger charge is 2.26. The Kier molecular flexibility index (Phi) is 10.4. The third kappa shape index (κ3) is 7.23. The van der Waals surface area contributed by atoms with Crippen LogP contribution in [0.4, 0.5) is 11.5 Å². The van der Waals surface area contributed by atoms with Crippen molar-refractivity contribution in [1.82, 2.24) is 18.8 Å². The van der Waals surface area contributed by atoms with Gasteiger partial charge in [-0.3, -0.25) is 14.3 Å². The molecule has 0 aliphatic carbocycles. The van der Waals surface area contributed by atoms with Gasteiger partial charge in [0.1, 0.15) is 22.9 Å². The minimum Gasteiger partial charge on any atom is -0.480 e. The normalized spacial score (nSPS) is 11.7. The number of aliphatic carboxylic acids is 1. The maximum absolute atomic E-state index is 13.5. The van der Waals surface area contributed by atoms with Gasteiger partial charge in [-0.05, 0) is 55.8 Å². The second-order valence-electron chi connectivity index (χ2n) is 8.42. The highest BCUT2D eigenvalue weighted by Crippen LogP contribution is 2.24. The maximum Gasteiger partial charge on any atom is 0.322 e. The Morgan fingerprint density at radius 3 is 2.31 bits per heavy atom. The number of benzene rings is 1. The number of carboxylic acids is 1. The molecular formula is C25H33ClN5O4S+. The van der Waals surface area contributed by atoms with Crippen molar-refractivity contribution < 1.29 is 18.3 Å². The van der Waals surface area contributed by atoms with E-state index in [9.17, 15) is 13.2 Å². The Labute approximate surface area is 218 Å². The Balaban J connectivity index is 0.00000456. The second kappa shape index (κ2) is 12.8. The second-order valence-corrected chi connectivity index (χ2v) is 10.4. The molecule has 3 rings (SSSR count). The molecule has 0 amide bonds. The van der Waals surface area contributed by atoms with E-state index in [0.29, 0.717) is 11.5 Å². The van der Waals surface area contributed by atoms with Crippen molar-refractivity contribution in [3.05, 3.63) is 78.2 Å². The monoisotopic (exact) mass is 534 g/mol. The van der Waals surface area contributed by atoms with Crippen LogP contribution in [0.3, 0.4) is 0 Å². The first-order valence-corrected chi connectivity index (χ1v) is 12.9. The average molecular weight is 535 g/mol. The summed E-state index contributed by atoms with van der Waals surface area (Å²) in [6.45, 7) is 6.07. The molecule has 0 saturated heterocycles. The third-order valence-corrected chi connectivity index (χ3v) is 7.93. The number of pyridine rings is 2. The van der Waals surface area contributed by atoms with Crippen LogP contribution < -0.4 is 9.80 Å². The molecule has 11 heteroatoms. The van der Waals surface area contributed by atoms with Gasteiger partial charge in [-0.1, -0.05) is 18.2 Å². The summed E-state index contributed by atoms with van der Waals surface area (Å²) in [4.78, 5) is 19.3. The lowest BCUT2D eigenvalue weighted by Gasteiger charge is -2.31. The first-order valence-electron chi connectivity index (χ1n) is 11.4. The number of carbonyl (C=O) groups is 1. The average Bonchev–Trinajstić information content (AvgIpc) is 2.87. The highest BCUT2D eigenvalue weighted by molar-refractivity contribution is 7.89. The van der Waals surface area contributed by atoms with Crippen LogP contribution >= 0.6 is 12.4 Å². The van der Waals surface area contributed by atoms with Crippen LogP contribution in [0.5, 0.6) is 0 Å². The molecule has 36 heavy (non-hydrogen) atoms. The van der Waals surface area contributed by atoms with Crippen LogP contribution in [-0.2, 0) is 27.9 Å². The predicted octanol–water partition coefficient (Wildman–Crippen LogP) is 3.76. The quantitative estimate of drug-likeness (QED) is 0.340. The fraction of sp³-hybridized carbons (Fsp3) is 0.320. The van der Waals surface area contributed by atoms with E-state index in [1.165, 1.54) is 28.5 Å². The van der Waals surface area contributed by atoms with Crippen molar-refractivity contribution in [2.75, 3.05) is 32.0 Å². The smallest absolute Gasteiger partial charge is 0.322 e. The van der Waals surface area contributed by atoms with Gasteiger partial charge in [0, 0.05) is 18.9 Å². The van der Waals surface area contributed by atoms with E-state index in [-0.39, 0.29) is 36.9 Å². The lowest BCUT2D eigenvalue weighted by Crippen LogP contribution is -2.44. The summed E-state index contributed by atoms with van der Waals surface area (Å²) in [5.41, 5.74) is 2.50. The molecule has 0 aliphatic rings. The van der Waals surface area contributed by atoms with Crippen molar-refractivity contribution >= 4 is 39.9 Å². The largest absolute Gasteiger partial charge is 0.480 e. The zero-order valence-corrected chi connectivity index (χ0v) is 22.3.